The van der Waals surface area contributed by atoms with Crippen LogP contribution in [0.3, 0.4) is 0 Å². The molecule has 0 bridgehead atoms. The minimum Gasteiger partial charge on any atom is -0.408 e. The number of hydrogen-bond acceptors (Lipinski definition) is 6. The highest BCUT2D eigenvalue weighted by Crippen LogP contribution is 2.39. The maximum absolute atomic E-state index is 5.48. The number of hydrogen-bond donors (Lipinski definition) is 1. The van der Waals surface area contributed by atoms with Gasteiger partial charge in [0.15, 0.2) is 0 Å². The van der Waals surface area contributed by atoms with Crippen LogP contribution < -0.4 is 5.32 Å². The number of aryl methyl sites for hydroxylation is 1. The van der Waals surface area contributed by atoms with Gasteiger partial charge in [-0.05, 0) is 19.8 Å². The zero-order valence-electron chi connectivity index (χ0n) is 8.93. The molecule has 2 heterocycles. The van der Waals surface area contributed by atoms with Crippen molar-refractivity contribution in [1.82, 2.24) is 15.2 Å². The van der Waals surface area contributed by atoms with E-state index in [2.05, 4.69) is 20.5 Å². The van der Waals surface area contributed by atoms with E-state index in [1.807, 2.05) is 12.3 Å². The summed E-state index contributed by atoms with van der Waals surface area (Å²) in [5.41, 5.74) is 1.01. The lowest BCUT2D eigenvalue weighted by molar-refractivity contribution is 0.507. The summed E-state index contributed by atoms with van der Waals surface area (Å²) in [5.74, 6) is 1.27. The second kappa shape index (κ2) is 3.86. The first-order valence-corrected chi connectivity index (χ1v) is 6.17. The summed E-state index contributed by atoms with van der Waals surface area (Å²) in [5, 5.41) is 14.1. The third-order valence-corrected chi connectivity index (χ3v) is 3.28. The predicted octanol–water partition coefficient (Wildman–Crippen LogP) is 2.32. The fourth-order valence-corrected chi connectivity index (χ4v) is 2.07. The van der Waals surface area contributed by atoms with Crippen LogP contribution in [0.15, 0.2) is 9.80 Å². The third-order valence-electron chi connectivity index (χ3n) is 2.45. The van der Waals surface area contributed by atoms with Gasteiger partial charge in [-0.15, -0.1) is 16.4 Å². The minimum atomic E-state index is 0.493. The Bertz CT molecular complexity index is 488. The lowest BCUT2D eigenvalue weighted by Crippen LogP contribution is -1.99. The van der Waals surface area contributed by atoms with Crippen molar-refractivity contribution >= 4 is 17.4 Å². The molecular weight excluding hydrogens is 224 g/mol. The van der Waals surface area contributed by atoms with E-state index in [1.165, 1.54) is 12.8 Å². The molecule has 0 unspecified atom stereocenters. The molecule has 0 radical (unpaired) electrons. The zero-order valence-corrected chi connectivity index (χ0v) is 9.75. The molecule has 0 amide bonds. The summed E-state index contributed by atoms with van der Waals surface area (Å²) >= 11 is 1.64. The molecule has 84 valence electrons. The van der Waals surface area contributed by atoms with Gasteiger partial charge >= 0.3 is 6.01 Å². The Morgan fingerprint density at radius 1 is 1.50 bits per heavy atom. The molecule has 1 aliphatic carbocycles. The Morgan fingerprint density at radius 3 is 3.06 bits per heavy atom. The molecule has 0 atom stereocenters. The zero-order chi connectivity index (χ0) is 11.0. The van der Waals surface area contributed by atoms with Gasteiger partial charge in [-0.3, -0.25) is 0 Å². The molecule has 1 aliphatic rings. The fraction of sp³-hybridized carbons (Fsp3) is 0.500. The first-order valence-electron chi connectivity index (χ1n) is 5.29. The number of aromatic nitrogens is 3. The standard InChI is InChI=1S/C10H12N4OS/c1-6-12-8(5-16-6)4-11-10-14-13-9(15-10)7-2-3-7/h5,7H,2-4H2,1H3,(H,11,14). The first-order chi connectivity index (χ1) is 7.81. The quantitative estimate of drug-likeness (QED) is 0.882. The lowest BCUT2D eigenvalue weighted by atomic mass is 10.4. The van der Waals surface area contributed by atoms with Crippen molar-refractivity contribution in [1.29, 1.82) is 0 Å². The maximum Gasteiger partial charge on any atom is 0.315 e. The van der Waals surface area contributed by atoms with Crippen LogP contribution in [-0.4, -0.2) is 15.2 Å². The Hall–Kier alpha value is -1.43. The van der Waals surface area contributed by atoms with Crippen LogP contribution >= 0.6 is 11.3 Å². The molecule has 0 aromatic carbocycles. The van der Waals surface area contributed by atoms with Crippen molar-refractivity contribution < 1.29 is 4.42 Å². The maximum atomic E-state index is 5.48. The molecule has 0 saturated heterocycles. The summed E-state index contributed by atoms with van der Waals surface area (Å²) in [6, 6.07) is 0.493. The molecule has 0 spiro atoms. The topological polar surface area (TPSA) is 63.8 Å². The van der Waals surface area contributed by atoms with E-state index in [0.717, 1.165) is 16.6 Å². The highest BCUT2D eigenvalue weighted by atomic mass is 32.1. The van der Waals surface area contributed by atoms with Crippen LogP contribution in [-0.2, 0) is 6.54 Å². The van der Waals surface area contributed by atoms with Crippen molar-refractivity contribution in [2.24, 2.45) is 0 Å². The summed E-state index contributed by atoms with van der Waals surface area (Å²) in [7, 11) is 0. The fourth-order valence-electron chi connectivity index (χ4n) is 1.46. The molecule has 1 saturated carbocycles. The SMILES string of the molecule is Cc1nc(CNc2nnc(C3CC3)o2)cs1. The van der Waals surface area contributed by atoms with E-state index >= 15 is 0 Å². The van der Waals surface area contributed by atoms with E-state index < -0.39 is 0 Å². The normalized spacial score (nSPS) is 15.3. The molecule has 0 aliphatic heterocycles. The highest BCUT2D eigenvalue weighted by molar-refractivity contribution is 7.09. The number of thiazole rings is 1. The van der Waals surface area contributed by atoms with E-state index in [9.17, 15) is 0 Å². The average Bonchev–Trinajstić information content (AvgIpc) is 2.87. The van der Waals surface area contributed by atoms with Gasteiger partial charge in [0.1, 0.15) is 0 Å². The molecule has 6 heteroatoms. The van der Waals surface area contributed by atoms with Crippen molar-refractivity contribution in [2.45, 2.75) is 32.2 Å². The van der Waals surface area contributed by atoms with Crippen molar-refractivity contribution in [3.8, 4) is 0 Å². The summed E-state index contributed by atoms with van der Waals surface area (Å²) in [6.07, 6.45) is 2.35. The molecule has 16 heavy (non-hydrogen) atoms. The van der Waals surface area contributed by atoms with Crippen LogP contribution in [0.2, 0.25) is 0 Å². The average molecular weight is 236 g/mol. The van der Waals surface area contributed by atoms with Gasteiger partial charge < -0.3 is 9.73 Å². The first kappa shape index (κ1) is 9.77. The number of nitrogens with zero attached hydrogens (tertiary/aromatic N) is 3. The van der Waals surface area contributed by atoms with Gasteiger partial charge in [-0.1, -0.05) is 5.10 Å². The van der Waals surface area contributed by atoms with Gasteiger partial charge in [-0.25, -0.2) is 4.98 Å². The van der Waals surface area contributed by atoms with Crippen LogP contribution in [0.1, 0.15) is 35.4 Å². The number of nitrogens with one attached hydrogen (secondary N) is 1. The molecule has 3 rings (SSSR count). The van der Waals surface area contributed by atoms with E-state index in [-0.39, 0.29) is 0 Å². The summed E-state index contributed by atoms with van der Waals surface area (Å²) in [6.45, 7) is 2.63. The van der Waals surface area contributed by atoms with Crippen LogP contribution in [0.4, 0.5) is 6.01 Å². The molecule has 2 aromatic rings. The smallest absolute Gasteiger partial charge is 0.315 e. The molecule has 1 N–H and O–H groups in total. The molecule has 5 nitrogen and oxygen atoms in total. The van der Waals surface area contributed by atoms with Crippen LogP contribution in [0.25, 0.3) is 0 Å². The second-order valence-corrected chi connectivity index (χ2v) is 4.99. The van der Waals surface area contributed by atoms with Gasteiger partial charge in [-0.2, -0.15) is 0 Å². The Balaban J connectivity index is 1.61. The van der Waals surface area contributed by atoms with Gasteiger partial charge in [0.25, 0.3) is 0 Å². The molecule has 2 aromatic heterocycles. The van der Waals surface area contributed by atoms with Gasteiger partial charge in [0.05, 0.1) is 17.2 Å². The Kier molecular flexibility index (Phi) is 2.36. The van der Waals surface area contributed by atoms with Crippen molar-refractivity contribution in [3.05, 3.63) is 22.0 Å². The monoisotopic (exact) mass is 236 g/mol. The van der Waals surface area contributed by atoms with E-state index in [0.29, 0.717) is 18.5 Å². The van der Waals surface area contributed by atoms with E-state index in [1.54, 1.807) is 11.3 Å². The molecule has 1 fully saturated rings. The minimum absolute atomic E-state index is 0.493. The van der Waals surface area contributed by atoms with Crippen LogP contribution in [0.5, 0.6) is 0 Å². The second-order valence-electron chi connectivity index (χ2n) is 3.93. The number of anilines is 1. The van der Waals surface area contributed by atoms with Crippen molar-refractivity contribution in [3.63, 3.8) is 0 Å². The van der Waals surface area contributed by atoms with E-state index in [4.69, 9.17) is 4.42 Å². The largest absolute Gasteiger partial charge is 0.408 e. The van der Waals surface area contributed by atoms with Gasteiger partial charge in [0, 0.05) is 11.3 Å². The Labute approximate surface area is 96.9 Å². The molecular formula is C10H12N4OS. The highest BCUT2D eigenvalue weighted by Gasteiger charge is 2.29. The lowest BCUT2D eigenvalue weighted by Gasteiger charge is -1.96. The number of rotatable bonds is 4. The predicted molar refractivity (Wildman–Crippen MR) is 60.5 cm³/mol. The third kappa shape index (κ3) is 2.06. The van der Waals surface area contributed by atoms with Crippen LogP contribution in [0, 0.1) is 6.92 Å². The summed E-state index contributed by atoms with van der Waals surface area (Å²) < 4.78 is 5.48. The van der Waals surface area contributed by atoms with Crippen molar-refractivity contribution in [2.75, 3.05) is 5.32 Å². The Morgan fingerprint density at radius 2 is 2.38 bits per heavy atom. The summed E-state index contributed by atoms with van der Waals surface area (Å²) in [4.78, 5) is 4.35. The van der Waals surface area contributed by atoms with Gasteiger partial charge in [0.2, 0.25) is 5.89 Å².